The van der Waals surface area contributed by atoms with Gasteiger partial charge < -0.3 is 14.8 Å². The van der Waals surface area contributed by atoms with Crippen molar-refractivity contribution in [1.29, 1.82) is 0 Å². The van der Waals surface area contributed by atoms with Crippen LogP contribution in [0.1, 0.15) is 22.3 Å². The van der Waals surface area contributed by atoms with Crippen molar-refractivity contribution in [1.82, 2.24) is 5.32 Å². The first-order valence-electron chi connectivity index (χ1n) is 8.50. The first kappa shape index (κ1) is 19.0. The summed E-state index contributed by atoms with van der Waals surface area (Å²) in [7, 11) is 3.20. The third-order valence-electron chi connectivity index (χ3n) is 4.28. The number of methoxy groups -OCH3 is 2. The van der Waals surface area contributed by atoms with Crippen LogP contribution in [0.4, 0.5) is 5.69 Å². The minimum absolute atomic E-state index is 0.155. The van der Waals surface area contributed by atoms with E-state index in [-0.39, 0.29) is 5.91 Å². The number of hydrogen-bond acceptors (Lipinski definition) is 5. The fourth-order valence-corrected chi connectivity index (χ4v) is 3.64. The molecule has 27 heavy (non-hydrogen) atoms. The van der Waals surface area contributed by atoms with Gasteiger partial charge in [0.25, 0.3) is 5.91 Å². The Labute approximate surface area is 163 Å². The molecule has 5 nitrogen and oxygen atoms in total. The average molecular weight is 382 g/mol. The molecule has 2 aromatic carbocycles. The quantitative estimate of drug-likeness (QED) is 0.790. The van der Waals surface area contributed by atoms with E-state index in [0.717, 1.165) is 22.4 Å². The Kier molecular flexibility index (Phi) is 5.56. The van der Waals surface area contributed by atoms with Crippen LogP contribution in [0.15, 0.2) is 40.2 Å². The molecular formula is C21H22N2O3S. The van der Waals surface area contributed by atoms with Crippen LogP contribution in [0, 0.1) is 20.8 Å². The molecule has 1 N–H and O–H groups in total. The van der Waals surface area contributed by atoms with E-state index in [2.05, 4.69) is 16.4 Å². The van der Waals surface area contributed by atoms with Crippen molar-refractivity contribution >= 4 is 34.6 Å². The molecule has 0 bridgehead atoms. The summed E-state index contributed by atoms with van der Waals surface area (Å²) in [5, 5.41) is 3.41. The fourth-order valence-electron chi connectivity index (χ4n) is 2.81. The van der Waals surface area contributed by atoms with Crippen LogP contribution >= 0.6 is 11.8 Å². The first-order chi connectivity index (χ1) is 12.9. The molecule has 0 radical (unpaired) electrons. The van der Waals surface area contributed by atoms with E-state index in [1.54, 1.807) is 14.2 Å². The number of hydrogen-bond donors (Lipinski definition) is 1. The number of nitrogens with zero attached hydrogens (tertiary/aromatic N) is 1. The molecule has 0 saturated carbocycles. The second-order valence-electron chi connectivity index (χ2n) is 6.34. The van der Waals surface area contributed by atoms with Gasteiger partial charge in [-0.2, -0.15) is 0 Å². The summed E-state index contributed by atoms with van der Waals surface area (Å²) in [6.07, 6.45) is 1.85. The highest BCUT2D eigenvalue weighted by Gasteiger charge is 2.24. The summed E-state index contributed by atoms with van der Waals surface area (Å²) in [4.78, 5) is 17.5. The number of amides is 1. The van der Waals surface area contributed by atoms with E-state index in [0.29, 0.717) is 21.6 Å². The minimum atomic E-state index is -0.155. The van der Waals surface area contributed by atoms with Gasteiger partial charge in [-0.1, -0.05) is 17.7 Å². The molecule has 0 aromatic heterocycles. The summed E-state index contributed by atoms with van der Waals surface area (Å²) in [5.74, 6) is 1.14. The van der Waals surface area contributed by atoms with Crippen molar-refractivity contribution in [2.24, 2.45) is 4.99 Å². The van der Waals surface area contributed by atoms with Gasteiger partial charge in [-0.3, -0.25) is 4.79 Å². The van der Waals surface area contributed by atoms with E-state index in [9.17, 15) is 4.79 Å². The summed E-state index contributed by atoms with van der Waals surface area (Å²) in [5.41, 5.74) is 5.01. The SMILES string of the molecule is COc1cc(C)c(/C=C2\SC(=Nc3ccc(C)cc3C)NC2=O)cc1OC. The zero-order chi connectivity index (χ0) is 19.6. The normalized spacial score (nSPS) is 16.7. The number of benzene rings is 2. The molecule has 1 heterocycles. The molecule has 6 heteroatoms. The second-order valence-corrected chi connectivity index (χ2v) is 7.37. The van der Waals surface area contributed by atoms with Crippen LogP contribution in [0.2, 0.25) is 0 Å². The van der Waals surface area contributed by atoms with Crippen molar-refractivity contribution < 1.29 is 14.3 Å². The van der Waals surface area contributed by atoms with Gasteiger partial charge in [0.15, 0.2) is 16.7 Å². The largest absolute Gasteiger partial charge is 0.493 e. The third kappa shape index (κ3) is 4.17. The third-order valence-corrected chi connectivity index (χ3v) is 5.19. The van der Waals surface area contributed by atoms with Gasteiger partial charge >= 0.3 is 0 Å². The van der Waals surface area contributed by atoms with Gasteiger partial charge in [0.05, 0.1) is 24.8 Å². The Morgan fingerprint density at radius 3 is 2.37 bits per heavy atom. The van der Waals surface area contributed by atoms with E-state index in [1.807, 2.05) is 51.1 Å². The predicted molar refractivity (Wildman–Crippen MR) is 111 cm³/mol. The minimum Gasteiger partial charge on any atom is -0.493 e. The van der Waals surface area contributed by atoms with Crippen molar-refractivity contribution in [3.63, 3.8) is 0 Å². The van der Waals surface area contributed by atoms with Gasteiger partial charge in [-0.15, -0.1) is 0 Å². The Balaban J connectivity index is 1.90. The molecule has 3 rings (SSSR count). The highest BCUT2D eigenvalue weighted by Crippen LogP contribution is 2.34. The molecule has 140 valence electrons. The van der Waals surface area contributed by atoms with Crippen LogP contribution in [-0.4, -0.2) is 25.3 Å². The lowest BCUT2D eigenvalue weighted by molar-refractivity contribution is -0.115. The lowest BCUT2D eigenvalue weighted by atomic mass is 10.1. The monoisotopic (exact) mass is 382 g/mol. The Bertz CT molecular complexity index is 964. The number of rotatable bonds is 4. The Morgan fingerprint density at radius 1 is 1.00 bits per heavy atom. The molecule has 1 aliphatic heterocycles. The van der Waals surface area contributed by atoms with E-state index in [1.165, 1.54) is 17.3 Å². The van der Waals surface area contributed by atoms with Crippen molar-refractivity contribution in [2.45, 2.75) is 20.8 Å². The number of aryl methyl sites for hydroxylation is 3. The topological polar surface area (TPSA) is 59.9 Å². The maximum Gasteiger partial charge on any atom is 0.264 e. The van der Waals surface area contributed by atoms with Crippen LogP contribution in [0.5, 0.6) is 11.5 Å². The predicted octanol–water partition coefficient (Wildman–Crippen LogP) is 4.52. The summed E-state index contributed by atoms with van der Waals surface area (Å²) in [6.45, 7) is 6.02. The van der Waals surface area contributed by atoms with Crippen LogP contribution in [0.3, 0.4) is 0 Å². The highest BCUT2D eigenvalue weighted by atomic mass is 32.2. The number of ether oxygens (including phenoxy) is 2. The van der Waals surface area contributed by atoms with Gasteiger partial charge in [-0.05, 0) is 73.5 Å². The standard InChI is InChI=1S/C21H22N2O3S/c1-12-6-7-16(14(3)8-12)22-21-23-20(24)19(27-21)11-15-10-18(26-5)17(25-4)9-13(15)2/h6-11H,1-5H3,(H,22,23,24)/b19-11-. The molecule has 0 spiro atoms. The second kappa shape index (κ2) is 7.88. The molecule has 2 aromatic rings. The molecule has 0 atom stereocenters. The van der Waals surface area contributed by atoms with E-state index < -0.39 is 0 Å². The molecule has 1 aliphatic rings. The van der Waals surface area contributed by atoms with Crippen LogP contribution in [0.25, 0.3) is 6.08 Å². The summed E-state index contributed by atoms with van der Waals surface area (Å²) >= 11 is 1.33. The molecule has 1 amide bonds. The van der Waals surface area contributed by atoms with Gasteiger partial charge in [0.2, 0.25) is 0 Å². The Hall–Kier alpha value is -2.73. The fraction of sp³-hybridized carbons (Fsp3) is 0.238. The van der Waals surface area contributed by atoms with Crippen molar-refractivity contribution in [2.75, 3.05) is 14.2 Å². The highest BCUT2D eigenvalue weighted by molar-refractivity contribution is 8.18. The van der Waals surface area contributed by atoms with Gasteiger partial charge in [0.1, 0.15) is 0 Å². The molecule has 0 aliphatic carbocycles. The summed E-state index contributed by atoms with van der Waals surface area (Å²) < 4.78 is 10.7. The lowest BCUT2D eigenvalue weighted by Gasteiger charge is -2.10. The number of thioether (sulfide) groups is 1. The van der Waals surface area contributed by atoms with Crippen LogP contribution < -0.4 is 14.8 Å². The molecular weight excluding hydrogens is 360 g/mol. The lowest BCUT2D eigenvalue weighted by Crippen LogP contribution is -2.19. The number of nitrogens with one attached hydrogen (secondary N) is 1. The number of carbonyl (C=O) groups excluding carboxylic acids is 1. The van der Waals surface area contributed by atoms with Gasteiger partial charge in [0, 0.05) is 0 Å². The zero-order valence-electron chi connectivity index (χ0n) is 16.0. The smallest absolute Gasteiger partial charge is 0.264 e. The van der Waals surface area contributed by atoms with Crippen LogP contribution in [-0.2, 0) is 4.79 Å². The maximum atomic E-state index is 12.4. The van der Waals surface area contributed by atoms with Crippen molar-refractivity contribution in [3.05, 3.63) is 57.5 Å². The number of amidine groups is 1. The first-order valence-corrected chi connectivity index (χ1v) is 9.32. The molecule has 1 saturated heterocycles. The number of carbonyl (C=O) groups is 1. The number of aliphatic imine (C=N–C) groups is 1. The Morgan fingerprint density at radius 2 is 1.70 bits per heavy atom. The van der Waals surface area contributed by atoms with Crippen molar-refractivity contribution in [3.8, 4) is 11.5 Å². The maximum absolute atomic E-state index is 12.4. The zero-order valence-corrected chi connectivity index (χ0v) is 16.9. The average Bonchev–Trinajstić information content (AvgIpc) is 2.98. The molecule has 1 fully saturated rings. The van der Waals surface area contributed by atoms with E-state index >= 15 is 0 Å². The van der Waals surface area contributed by atoms with Gasteiger partial charge in [-0.25, -0.2) is 4.99 Å². The summed E-state index contributed by atoms with van der Waals surface area (Å²) in [6, 6.07) is 9.81. The molecule has 0 unspecified atom stereocenters. The van der Waals surface area contributed by atoms with E-state index in [4.69, 9.17) is 9.47 Å².